The van der Waals surface area contributed by atoms with Gasteiger partial charge < -0.3 is 14.2 Å². The first-order chi connectivity index (χ1) is 28.2. The number of nitrogens with one attached hydrogen (secondary N) is 2. The fourth-order valence-corrected chi connectivity index (χ4v) is 7.79. The molecule has 0 atom stereocenters. The zero-order chi connectivity index (χ0) is 37.9. The van der Waals surface area contributed by atoms with Crippen molar-refractivity contribution in [3.05, 3.63) is 181 Å². The highest BCUT2D eigenvalue weighted by molar-refractivity contribution is 6.22. The fourth-order valence-electron chi connectivity index (χ4n) is 7.79. The zero-order valence-corrected chi connectivity index (χ0v) is 30.3. The normalized spacial score (nSPS) is 11.6. The Morgan fingerprint density at radius 3 is 1.72 bits per heavy atom. The molecular weight excluding hydrogens is 705 g/mol. The lowest BCUT2D eigenvalue weighted by Crippen LogP contribution is -2.07. The van der Waals surface area contributed by atoms with Crippen LogP contribution in [0.25, 0.3) is 88.8 Å². The van der Waals surface area contributed by atoms with E-state index in [1.165, 1.54) is 0 Å². The smallest absolute Gasteiger partial charge is 0.167 e. The van der Waals surface area contributed by atoms with Gasteiger partial charge in [-0.2, -0.15) is 0 Å². The highest BCUT2D eigenvalue weighted by Crippen LogP contribution is 2.39. The quantitative estimate of drug-likeness (QED) is 0.157. The van der Waals surface area contributed by atoms with Crippen LogP contribution in [-0.2, 0) is 0 Å². The van der Waals surface area contributed by atoms with Crippen LogP contribution in [0.15, 0.2) is 179 Å². The fraction of sp³-hybridized carbons (Fsp3) is 0. The second kappa shape index (κ2) is 13.1. The number of hydrogen-bond donors (Lipinski definition) is 2. The topological polar surface area (TPSA) is 114 Å². The number of nitrogens with zero attached hydrogens (tertiary/aromatic N) is 4. The van der Waals surface area contributed by atoms with Crippen molar-refractivity contribution in [2.75, 3.05) is 5.32 Å². The molecule has 0 spiro atoms. The summed E-state index contributed by atoms with van der Waals surface area (Å²) in [7, 11) is 0. The van der Waals surface area contributed by atoms with Crippen molar-refractivity contribution in [2.45, 2.75) is 0 Å². The van der Waals surface area contributed by atoms with Crippen LogP contribution in [0.5, 0.6) is 0 Å². The highest BCUT2D eigenvalue weighted by atomic mass is 16.3. The number of fused-ring (bicyclic) bond motifs is 7. The highest BCUT2D eigenvalue weighted by Gasteiger charge is 2.21. The molecule has 8 heteroatoms. The van der Waals surface area contributed by atoms with Crippen molar-refractivity contribution in [1.82, 2.24) is 19.9 Å². The number of aromatic nitrogens is 4. The molecule has 7 aromatic carbocycles. The van der Waals surface area contributed by atoms with E-state index in [0.717, 1.165) is 77.1 Å². The number of anilines is 2. The Hall–Kier alpha value is -7.97. The molecule has 4 aromatic heterocycles. The molecule has 57 heavy (non-hydrogen) atoms. The number of benzene rings is 7. The first-order valence-electron chi connectivity index (χ1n) is 18.6. The largest absolute Gasteiger partial charge is 0.455 e. The van der Waals surface area contributed by atoms with Gasteiger partial charge in [0.2, 0.25) is 0 Å². The number of pyridine rings is 1. The predicted octanol–water partition coefficient (Wildman–Crippen LogP) is 12.4. The Morgan fingerprint density at radius 2 is 1.05 bits per heavy atom. The van der Waals surface area contributed by atoms with Gasteiger partial charge in [-0.1, -0.05) is 109 Å². The van der Waals surface area contributed by atoms with Gasteiger partial charge in [0, 0.05) is 62.0 Å². The lowest BCUT2D eigenvalue weighted by molar-refractivity contribution is 0.669. The molecule has 0 fully saturated rings. The Labute approximate surface area is 325 Å². The van der Waals surface area contributed by atoms with Gasteiger partial charge in [0.15, 0.2) is 17.5 Å². The maximum atomic E-state index is 9.73. The van der Waals surface area contributed by atoms with Crippen LogP contribution in [0.2, 0.25) is 0 Å². The van der Waals surface area contributed by atoms with Gasteiger partial charge in [-0.3, -0.25) is 10.4 Å². The van der Waals surface area contributed by atoms with Gasteiger partial charge in [0.25, 0.3) is 0 Å². The molecule has 0 aliphatic carbocycles. The lowest BCUT2D eigenvalue weighted by atomic mass is 9.93. The van der Waals surface area contributed by atoms with Gasteiger partial charge in [0.05, 0.1) is 16.8 Å². The van der Waals surface area contributed by atoms with Crippen molar-refractivity contribution >= 4 is 71.7 Å². The third kappa shape index (κ3) is 5.50. The summed E-state index contributed by atoms with van der Waals surface area (Å²) in [5.74, 6) is 1.39. The van der Waals surface area contributed by atoms with E-state index >= 15 is 0 Å². The van der Waals surface area contributed by atoms with E-state index < -0.39 is 0 Å². The molecule has 0 saturated heterocycles. The Kier molecular flexibility index (Phi) is 7.46. The summed E-state index contributed by atoms with van der Waals surface area (Å²) in [6.07, 6.45) is 3.50. The molecule has 0 radical (unpaired) electrons. The summed E-state index contributed by atoms with van der Waals surface area (Å²) in [5.41, 5.74) is 8.76. The second-order valence-corrected chi connectivity index (χ2v) is 13.9. The second-order valence-electron chi connectivity index (χ2n) is 13.9. The average molecular weight is 735 g/mol. The first-order valence-corrected chi connectivity index (χ1v) is 18.6. The van der Waals surface area contributed by atoms with E-state index in [1.54, 1.807) is 12.4 Å². The van der Waals surface area contributed by atoms with Crippen molar-refractivity contribution in [3.8, 4) is 34.2 Å². The van der Waals surface area contributed by atoms with E-state index in [-0.39, 0.29) is 0 Å². The van der Waals surface area contributed by atoms with Gasteiger partial charge in [-0.05, 0) is 59.3 Å². The summed E-state index contributed by atoms with van der Waals surface area (Å²) >= 11 is 0. The lowest BCUT2D eigenvalue weighted by Gasteiger charge is -2.17. The molecule has 0 saturated carbocycles. The Bertz CT molecular complexity index is 3240. The van der Waals surface area contributed by atoms with E-state index in [9.17, 15) is 5.41 Å². The SMILES string of the molecule is N=C(c1cccc(-c2nc(-c3cccc4c3oc3ccccc34)nc(-c3cccc4c3oc3ccccc34)n2)c1)c1c(Nc2ccncc2)ccc2ccccc12. The maximum Gasteiger partial charge on any atom is 0.167 e. The average Bonchev–Trinajstić information content (AvgIpc) is 3.85. The van der Waals surface area contributed by atoms with Crippen LogP contribution in [0, 0.1) is 5.41 Å². The van der Waals surface area contributed by atoms with Crippen LogP contribution >= 0.6 is 0 Å². The summed E-state index contributed by atoms with van der Waals surface area (Å²) < 4.78 is 12.9. The standard InChI is InChI=1S/C49H30N6O2/c50-44(43-33-13-2-1-10-29(33)22-23-40(43)52-32-24-26-51-27-25-32)30-11-7-12-31(28-30)47-53-48(38-18-8-16-36-34-14-3-5-20-41(34)56-45(36)38)55-49(54-47)39-19-9-17-37-35-15-4-6-21-42(35)57-46(37)39/h1-28,50H,(H,51,52). The van der Waals surface area contributed by atoms with Crippen molar-refractivity contribution in [3.63, 3.8) is 0 Å². The molecule has 0 aliphatic rings. The van der Waals surface area contributed by atoms with Crippen LogP contribution in [0.1, 0.15) is 11.1 Å². The van der Waals surface area contributed by atoms with Crippen LogP contribution in [-0.4, -0.2) is 25.6 Å². The summed E-state index contributed by atoms with van der Waals surface area (Å²) in [6.45, 7) is 0. The monoisotopic (exact) mass is 734 g/mol. The summed E-state index contributed by atoms with van der Waals surface area (Å²) in [4.78, 5) is 19.6. The van der Waals surface area contributed by atoms with E-state index in [1.807, 2.05) is 115 Å². The summed E-state index contributed by atoms with van der Waals surface area (Å²) in [6, 6.07) is 52.1. The summed E-state index contributed by atoms with van der Waals surface area (Å²) in [5, 5.41) is 19.3. The zero-order valence-electron chi connectivity index (χ0n) is 30.3. The minimum Gasteiger partial charge on any atom is -0.455 e. The van der Waals surface area contributed by atoms with Gasteiger partial charge in [-0.25, -0.2) is 15.0 Å². The molecule has 268 valence electrons. The van der Waals surface area contributed by atoms with E-state index in [2.05, 4.69) is 52.8 Å². The molecule has 8 nitrogen and oxygen atoms in total. The number of para-hydroxylation sites is 4. The molecule has 4 heterocycles. The van der Waals surface area contributed by atoms with E-state index in [4.69, 9.17) is 23.8 Å². The van der Waals surface area contributed by atoms with Crippen LogP contribution < -0.4 is 5.32 Å². The number of furan rings is 2. The van der Waals surface area contributed by atoms with Gasteiger partial charge in [0.1, 0.15) is 22.3 Å². The molecule has 0 bridgehead atoms. The molecule has 11 aromatic rings. The van der Waals surface area contributed by atoms with Gasteiger partial charge in [-0.15, -0.1) is 0 Å². The minimum atomic E-state index is 0.360. The third-order valence-electron chi connectivity index (χ3n) is 10.5. The molecular formula is C49H30N6O2. The van der Waals surface area contributed by atoms with E-state index in [0.29, 0.717) is 39.9 Å². The van der Waals surface area contributed by atoms with Crippen molar-refractivity contribution in [2.24, 2.45) is 0 Å². The molecule has 0 aliphatic heterocycles. The van der Waals surface area contributed by atoms with Crippen molar-refractivity contribution < 1.29 is 8.83 Å². The number of rotatable bonds is 7. The Morgan fingerprint density at radius 1 is 0.491 bits per heavy atom. The maximum absolute atomic E-state index is 9.73. The van der Waals surface area contributed by atoms with Gasteiger partial charge >= 0.3 is 0 Å². The molecule has 11 rings (SSSR count). The van der Waals surface area contributed by atoms with Crippen molar-refractivity contribution in [1.29, 1.82) is 5.41 Å². The van der Waals surface area contributed by atoms with Crippen LogP contribution in [0.3, 0.4) is 0 Å². The van der Waals surface area contributed by atoms with Crippen LogP contribution in [0.4, 0.5) is 11.4 Å². The molecule has 0 amide bonds. The predicted molar refractivity (Wildman–Crippen MR) is 228 cm³/mol. The third-order valence-corrected chi connectivity index (χ3v) is 10.5. The molecule has 0 unspecified atom stereocenters. The number of hydrogen-bond acceptors (Lipinski definition) is 8. The first kappa shape index (κ1) is 32.5. The minimum absolute atomic E-state index is 0.360. The Balaban J connectivity index is 1.10. The molecule has 2 N–H and O–H groups in total.